The van der Waals surface area contributed by atoms with Gasteiger partial charge in [-0.25, -0.2) is 0 Å². The van der Waals surface area contributed by atoms with Crippen molar-refractivity contribution in [3.63, 3.8) is 0 Å². The van der Waals surface area contributed by atoms with Crippen molar-refractivity contribution in [2.24, 2.45) is 0 Å². The van der Waals surface area contributed by atoms with Gasteiger partial charge in [-0.2, -0.15) is 5.26 Å². The van der Waals surface area contributed by atoms with Gasteiger partial charge in [0.1, 0.15) is 5.76 Å². The predicted molar refractivity (Wildman–Crippen MR) is 61.9 cm³/mol. The molecule has 0 radical (unpaired) electrons. The first-order chi connectivity index (χ1) is 7.79. The Morgan fingerprint density at radius 3 is 2.88 bits per heavy atom. The number of furan rings is 1. The maximum absolute atomic E-state index is 8.75. The Hall–Kier alpha value is -2.21. The lowest BCUT2D eigenvalue weighted by atomic mass is 10.1. The van der Waals surface area contributed by atoms with Gasteiger partial charge in [0, 0.05) is 5.69 Å². The third-order valence-corrected chi connectivity index (χ3v) is 2.39. The van der Waals surface area contributed by atoms with E-state index in [0.29, 0.717) is 12.1 Å². The number of anilines is 1. The van der Waals surface area contributed by atoms with E-state index in [1.54, 1.807) is 12.3 Å². The average Bonchev–Trinajstić information content (AvgIpc) is 2.80. The topological polar surface area (TPSA) is 49.0 Å². The number of nitrogens with one attached hydrogen (secondary N) is 1. The van der Waals surface area contributed by atoms with Gasteiger partial charge in [0.25, 0.3) is 0 Å². The molecule has 1 heterocycles. The van der Waals surface area contributed by atoms with E-state index in [4.69, 9.17) is 9.68 Å². The van der Waals surface area contributed by atoms with Crippen LogP contribution in [0.15, 0.2) is 41.0 Å². The maximum Gasteiger partial charge on any atom is 0.122 e. The van der Waals surface area contributed by atoms with Crippen LogP contribution in [0.3, 0.4) is 0 Å². The van der Waals surface area contributed by atoms with Gasteiger partial charge in [0.15, 0.2) is 0 Å². The Balaban J connectivity index is 2.08. The zero-order chi connectivity index (χ0) is 11.4. The van der Waals surface area contributed by atoms with E-state index in [0.717, 1.165) is 17.0 Å². The van der Waals surface area contributed by atoms with E-state index in [1.807, 2.05) is 31.2 Å². The van der Waals surface area contributed by atoms with Crippen LogP contribution in [-0.2, 0) is 6.54 Å². The highest BCUT2D eigenvalue weighted by Crippen LogP contribution is 2.17. The highest BCUT2D eigenvalue weighted by Gasteiger charge is 2.00. The van der Waals surface area contributed by atoms with Crippen LogP contribution in [0.1, 0.15) is 16.9 Å². The lowest BCUT2D eigenvalue weighted by Gasteiger charge is -2.07. The van der Waals surface area contributed by atoms with Crippen molar-refractivity contribution in [2.45, 2.75) is 13.5 Å². The molecule has 80 valence electrons. The molecule has 0 fully saturated rings. The maximum atomic E-state index is 8.75. The van der Waals surface area contributed by atoms with Crippen LogP contribution in [0.2, 0.25) is 0 Å². The van der Waals surface area contributed by atoms with E-state index in [2.05, 4.69) is 11.4 Å². The third-order valence-electron chi connectivity index (χ3n) is 2.39. The summed E-state index contributed by atoms with van der Waals surface area (Å²) in [5, 5.41) is 12.0. The molecule has 0 saturated carbocycles. The second kappa shape index (κ2) is 4.54. The highest BCUT2D eigenvalue weighted by molar-refractivity contribution is 5.54. The summed E-state index contributed by atoms with van der Waals surface area (Å²) in [5.74, 6) is 0.892. The van der Waals surface area contributed by atoms with Crippen LogP contribution in [0, 0.1) is 18.3 Å². The van der Waals surface area contributed by atoms with Gasteiger partial charge in [0.2, 0.25) is 0 Å². The standard InChI is InChI=1S/C13H12N2O/c1-10-7-11(8-14)4-5-13(10)15-9-12-3-2-6-16-12/h2-7,15H,9H2,1H3. The van der Waals surface area contributed by atoms with Crippen molar-refractivity contribution < 1.29 is 4.42 Å². The van der Waals surface area contributed by atoms with Crippen LogP contribution < -0.4 is 5.32 Å². The second-order valence-electron chi connectivity index (χ2n) is 3.57. The smallest absolute Gasteiger partial charge is 0.122 e. The first kappa shape index (κ1) is 10.3. The number of nitriles is 1. The van der Waals surface area contributed by atoms with Crippen molar-refractivity contribution in [3.05, 3.63) is 53.5 Å². The molecule has 0 aliphatic carbocycles. The largest absolute Gasteiger partial charge is 0.467 e. The number of hydrogen-bond donors (Lipinski definition) is 1. The number of nitrogens with zero attached hydrogens (tertiary/aromatic N) is 1. The molecule has 2 rings (SSSR count). The molecule has 0 amide bonds. The fraction of sp³-hybridized carbons (Fsp3) is 0.154. The van der Waals surface area contributed by atoms with Crippen molar-refractivity contribution >= 4 is 5.69 Å². The molecule has 0 saturated heterocycles. The summed E-state index contributed by atoms with van der Waals surface area (Å²) in [7, 11) is 0. The molecule has 0 unspecified atom stereocenters. The van der Waals surface area contributed by atoms with Crippen LogP contribution >= 0.6 is 0 Å². The molecule has 0 aliphatic heterocycles. The molecule has 1 aromatic carbocycles. The summed E-state index contributed by atoms with van der Waals surface area (Å²) in [6, 6.07) is 11.5. The Morgan fingerprint density at radius 1 is 1.38 bits per heavy atom. The molecule has 0 atom stereocenters. The third kappa shape index (κ3) is 2.23. The summed E-state index contributed by atoms with van der Waals surface area (Å²) in [6.07, 6.45) is 1.66. The average molecular weight is 212 g/mol. The van der Waals surface area contributed by atoms with Gasteiger partial charge in [-0.05, 0) is 42.8 Å². The Labute approximate surface area is 94.3 Å². The molecule has 16 heavy (non-hydrogen) atoms. The summed E-state index contributed by atoms with van der Waals surface area (Å²) in [6.45, 7) is 2.63. The van der Waals surface area contributed by atoms with Crippen LogP contribution in [-0.4, -0.2) is 0 Å². The van der Waals surface area contributed by atoms with E-state index in [9.17, 15) is 0 Å². The number of benzene rings is 1. The van der Waals surface area contributed by atoms with Crippen LogP contribution in [0.5, 0.6) is 0 Å². The zero-order valence-corrected chi connectivity index (χ0v) is 9.03. The summed E-state index contributed by atoms with van der Waals surface area (Å²) in [5.41, 5.74) is 2.77. The van der Waals surface area contributed by atoms with E-state index in [1.165, 1.54) is 0 Å². The Bertz CT molecular complexity index is 509. The van der Waals surface area contributed by atoms with Gasteiger partial charge in [-0.1, -0.05) is 0 Å². The van der Waals surface area contributed by atoms with Crippen LogP contribution in [0.4, 0.5) is 5.69 Å². The zero-order valence-electron chi connectivity index (χ0n) is 9.03. The van der Waals surface area contributed by atoms with Gasteiger partial charge in [-0.15, -0.1) is 0 Å². The quantitative estimate of drug-likeness (QED) is 0.850. The van der Waals surface area contributed by atoms with Crippen molar-refractivity contribution in [1.82, 2.24) is 0 Å². The summed E-state index contributed by atoms with van der Waals surface area (Å²) in [4.78, 5) is 0. The summed E-state index contributed by atoms with van der Waals surface area (Å²) >= 11 is 0. The highest BCUT2D eigenvalue weighted by atomic mass is 16.3. The molecule has 3 heteroatoms. The van der Waals surface area contributed by atoms with E-state index < -0.39 is 0 Å². The molecular formula is C13H12N2O. The number of aryl methyl sites for hydroxylation is 1. The molecule has 2 aromatic rings. The van der Waals surface area contributed by atoms with E-state index in [-0.39, 0.29) is 0 Å². The minimum absolute atomic E-state index is 0.653. The lowest BCUT2D eigenvalue weighted by Crippen LogP contribution is -2.00. The number of hydrogen-bond acceptors (Lipinski definition) is 3. The van der Waals surface area contributed by atoms with Crippen LogP contribution in [0.25, 0.3) is 0 Å². The fourth-order valence-electron chi connectivity index (χ4n) is 1.53. The van der Waals surface area contributed by atoms with Gasteiger partial charge in [0.05, 0.1) is 24.4 Å². The van der Waals surface area contributed by atoms with E-state index >= 15 is 0 Å². The van der Waals surface area contributed by atoms with Crippen molar-refractivity contribution in [1.29, 1.82) is 5.26 Å². The normalized spacial score (nSPS) is 9.75. The molecule has 0 aliphatic rings. The molecule has 3 nitrogen and oxygen atoms in total. The number of rotatable bonds is 3. The molecule has 0 bridgehead atoms. The first-order valence-corrected chi connectivity index (χ1v) is 5.06. The monoisotopic (exact) mass is 212 g/mol. The van der Waals surface area contributed by atoms with Gasteiger partial charge < -0.3 is 9.73 Å². The minimum Gasteiger partial charge on any atom is -0.467 e. The van der Waals surface area contributed by atoms with Crippen molar-refractivity contribution in [3.8, 4) is 6.07 Å². The van der Waals surface area contributed by atoms with Gasteiger partial charge in [-0.3, -0.25) is 0 Å². The van der Waals surface area contributed by atoms with Crippen molar-refractivity contribution in [2.75, 3.05) is 5.32 Å². The second-order valence-corrected chi connectivity index (χ2v) is 3.57. The molecule has 1 N–H and O–H groups in total. The lowest BCUT2D eigenvalue weighted by molar-refractivity contribution is 0.518. The molecular weight excluding hydrogens is 200 g/mol. The van der Waals surface area contributed by atoms with Gasteiger partial charge >= 0.3 is 0 Å². The predicted octanol–water partition coefficient (Wildman–Crippen LogP) is 3.07. The minimum atomic E-state index is 0.653. The molecule has 1 aromatic heterocycles. The SMILES string of the molecule is Cc1cc(C#N)ccc1NCc1ccco1. The Morgan fingerprint density at radius 2 is 2.25 bits per heavy atom. The first-order valence-electron chi connectivity index (χ1n) is 5.06. The fourth-order valence-corrected chi connectivity index (χ4v) is 1.53. The Kier molecular flexibility index (Phi) is 2.93. The summed E-state index contributed by atoms with van der Waals surface area (Å²) < 4.78 is 5.23. The molecule has 0 spiro atoms.